The fraction of sp³-hybridized carbons (Fsp3) is 0.938. The Hall–Kier alpha value is -0.690. The van der Waals surface area contributed by atoms with Gasteiger partial charge in [-0.3, -0.25) is 14.5 Å². The van der Waals surface area contributed by atoms with Gasteiger partial charge >= 0.3 is 0 Å². The molecule has 0 radical (unpaired) electrons. The zero-order valence-electron chi connectivity index (χ0n) is 13.1. The van der Waals surface area contributed by atoms with E-state index >= 15 is 0 Å². The Morgan fingerprint density at radius 2 is 1.86 bits per heavy atom. The van der Waals surface area contributed by atoms with Gasteiger partial charge in [-0.05, 0) is 31.1 Å². The minimum atomic E-state index is -0.0262. The van der Waals surface area contributed by atoms with Crippen LogP contribution in [-0.4, -0.2) is 74.6 Å². The van der Waals surface area contributed by atoms with E-state index in [1.165, 1.54) is 0 Å². The fourth-order valence-corrected chi connectivity index (χ4v) is 4.44. The summed E-state index contributed by atoms with van der Waals surface area (Å²) in [6.45, 7) is 6.60. The van der Waals surface area contributed by atoms with Crippen molar-refractivity contribution in [3.05, 3.63) is 0 Å². The Morgan fingerprint density at radius 1 is 1.00 bits per heavy atom. The summed E-state index contributed by atoms with van der Waals surface area (Å²) in [5, 5.41) is 1.58. The van der Waals surface area contributed by atoms with Crippen molar-refractivity contribution in [2.75, 3.05) is 52.7 Å². The van der Waals surface area contributed by atoms with E-state index in [1.54, 1.807) is 5.06 Å². The van der Waals surface area contributed by atoms with Gasteiger partial charge in [0, 0.05) is 32.3 Å². The van der Waals surface area contributed by atoms with Crippen LogP contribution in [0.25, 0.3) is 0 Å². The molecule has 4 heterocycles. The van der Waals surface area contributed by atoms with Crippen LogP contribution in [0.5, 0.6) is 0 Å². The van der Waals surface area contributed by atoms with Crippen LogP contribution in [0.15, 0.2) is 0 Å². The fourth-order valence-electron chi connectivity index (χ4n) is 4.44. The summed E-state index contributed by atoms with van der Waals surface area (Å²) >= 11 is 0. The van der Waals surface area contributed by atoms with Crippen molar-refractivity contribution >= 4 is 5.91 Å². The number of likely N-dealkylation sites (tertiary alicyclic amines) is 1. The third-order valence-corrected chi connectivity index (χ3v) is 5.69. The minimum absolute atomic E-state index is 0.0262. The first-order valence-electron chi connectivity index (χ1n) is 8.67. The molecule has 6 heteroatoms. The van der Waals surface area contributed by atoms with Gasteiger partial charge in [0.05, 0.1) is 32.3 Å². The first-order chi connectivity index (χ1) is 10.8. The maximum atomic E-state index is 12.7. The quantitative estimate of drug-likeness (QED) is 0.744. The first-order valence-corrected chi connectivity index (χ1v) is 8.67. The molecule has 0 N–H and O–H groups in total. The van der Waals surface area contributed by atoms with Crippen LogP contribution in [0.4, 0.5) is 0 Å². The SMILES string of the molecule is O=C([C@@H]1COC[C@H]2CN(C3CCOCC3)C[C@H]21)N1CCCO1. The van der Waals surface area contributed by atoms with E-state index in [2.05, 4.69) is 4.90 Å². The van der Waals surface area contributed by atoms with Crippen LogP contribution in [0.1, 0.15) is 19.3 Å². The molecular weight excluding hydrogens is 284 g/mol. The van der Waals surface area contributed by atoms with Crippen LogP contribution in [-0.2, 0) is 19.1 Å². The molecule has 1 amide bonds. The summed E-state index contributed by atoms with van der Waals surface area (Å²) in [7, 11) is 0. The van der Waals surface area contributed by atoms with Crippen molar-refractivity contribution in [2.24, 2.45) is 17.8 Å². The Labute approximate surface area is 131 Å². The van der Waals surface area contributed by atoms with Crippen molar-refractivity contribution in [3.8, 4) is 0 Å². The number of ether oxygens (including phenoxy) is 2. The third kappa shape index (κ3) is 2.77. The maximum absolute atomic E-state index is 12.7. The van der Waals surface area contributed by atoms with Gasteiger partial charge in [-0.2, -0.15) is 0 Å². The predicted octanol–water partition coefficient (Wildman–Crippen LogP) is 0.524. The van der Waals surface area contributed by atoms with Crippen molar-refractivity contribution in [1.82, 2.24) is 9.96 Å². The second kappa shape index (κ2) is 6.43. The van der Waals surface area contributed by atoms with Gasteiger partial charge in [0.2, 0.25) is 0 Å². The highest BCUT2D eigenvalue weighted by Gasteiger charge is 2.47. The lowest BCUT2D eigenvalue weighted by Gasteiger charge is -2.34. The molecule has 0 aromatic carbocycles. The van der Waals surface area contributed by atoms with Gasteiger partial charge in [0.15, 0.2) is 0 Å². The predicted molar refractivity (Wildman–Crippen MR) is 79.0 cm³/mol. The van der Waals surface area contributed by atoms with Crippen LogP contribution in [0, 0.1) is 17.8 Å². The summed E-state index contributed by atoms with van der Waals surface area (Å²) in [5.74, 6) is 1.03. The van der Waals surface area contributed by atoms with Gasteiger partial charge in [-0.15, -0.1) is 0 Å². The number of carbonyl (C=O) groups is 1. The standard InChI is InChI=1S/C16H26N2O4/c19-16(18-4-1-5-22-18)15-11-21-10-12-8-17(9-14(12)15)13-2-6-20-7-3-13/h12-15H,1-11H2/t12-,14-,15-/m1/s1. The van der Waals surface area contributed by atoms with Gasteiger partial charge in [0.25, 0.3) is 5.91 Å². The van der Waals surface area contributed by atoms with E-state index in [1.807, 2.05) is 0 Å². The molecule has 3 atom stereocenters. The summed E-state index contributed by atoms with van der Waals surface area (Å²) < 4.78 is 11.2. The molecule has 0 aliphatic carbocycles. The topological polar surface area (TPSA) is 51.2 Å². The van der Waals surface area contributed by atoms with Crippen molar-refractivity contribution in [3.63, 3.8) is 0 Å². The number of hydrogen-bond donors (Lipinski definition) is 0. The molecule has 0 aromatic heterocycles. The maximum Gasteiger partial charge on any atom is 0.251 e. The van der Waals surface area contributed by atoms with Crippen LogP contribution >= 0.6 is 0 Å². The van der Waals surface area contributed by atoms with Crippen LogP contribution in [0.3, 0.4) is 0 Å². The number of hydrogen-bond acceptors (Lipinski definition) is 5. The van der Waals surface area contributed by atoms with Crippen LogP contribution in [0.2, 0.25) is 0 Å². The molecule has 4 saturated heterocycles. The molecule has 4 aliphatic heterocycles. The van der Waals surface area contributed by atoms with Gasteiger partial charge in [-0.25, -0.2) is 5.06 Å². The number of hydroxylamine groups is 2. The highest BCUT2D eigenvalue weighted by atomic mass is 16.7. The van der Waals surface area contributed by atoms with E-state index in [9.17, 15) is 4.79 Å². The Bertz CT molecular complexity index is 407. The summed E-state index contributed by atoms with van der Waals surface area (Å²) in [6.07, 6.45) is 3.18. The first kappa shape index (κ1) is 14.9. The third-order valence-electron chi connectivity index (χ3n) is 5.69. The molecular formula is C16H26N2O4. The van der Waals surface area contributed by atoms with Crippen molar-refractivity contribution in [2.45, 2.75) is 25.3 Å². The molecule has 4 fully saturated rings. The number of carbonyl (C=O) groups excluding carboxylic acids is 1. The second-order valence-electron chi connectivity index (χ2n) is 6.99. The van der Waals surface area contributed by atoms with Gasteiger partial charge < -0.3 is 9.47 Å². The van der Waals surface area contributed by atoms with Crippen LogP contribution < -0.4 is 0 Å². The van der Waals surface area contributed by atoms with E-state index < -0.39 is 0 Å². The molecule has 0 bridgehead atoms. The van der Waals surface area contributed by atoms with Gasteiger partial charge in [-0.1, -0.05) is 0 Å². The Balaban J connectivity index is 1.43. The Morgan fingerprint density at radius 3 is 2.64 bits per heavy atom. The highest BCUT2D eigenvalue weighted by molar-refractivity contribution is 5.78. The molecule has 0 aromatic rings. The molecule has 6 nitrogen and oxygen atoms in total. The number of amides is 1. The monoisotopic (exact) mass is 310 g/mol. The number of rotatable bonds is 2. The van der Waals surface area contributed by atoms with E-state index in [-0.39, 0.29) is 11.8 Å². The smallest absolute Gasteiger partial charge is 0.251 e. The molecule has 0 spiro atoms. The molecule has 0 saturated carbocycles. The lowest BCUT2D eigenvalue weighted by Crippen LogP contribution is -2.45. The highest BCUT2D eigenvalue weighted by Crippen LogP contribution is 2.37. The normalized spacial score (nSPS) is 37.5. The average molecular weight is 310 g/mol. The number of fused-ring (bicyclic) bond motifs is 1. The van der Waals surface area contributed by atoms with E-state index in [0.29, 0.717) is 31.1 Å². The average Bonchev–Trinajstić information content (AvgIpc) is 3.24. The van der Waals surface area contributed by atoms with Crippen molar-refractivity contribution < 1.29 is 19.1 Å². The number of nitrogens with zero attached hydrogens (tertiary/aromatic N) is 2. The molecule has 22 heavy (non-hydrogen) atoms. The lowest BCUT2D eigenvalue weighted by molar-refractivity contribution is -0.181. The molecule has 0 unspecified atom stereocenters. The summed E-state index contributed by atoms with van der Waals surface area (Å²) in [6, 6.07) is 0.623. The molecule has 4 rings (SSSR count). The zero-order chi connectivity index (χ0) is 14.9. The van der Waals surface area contributed by atoms with E-state index in [0.717, 1.165) is 58.7 Å². The second-order valence-corrected chi connectivity index (χ2v) is 6.99. The summed E-state index contributed by atoms with van der Waals surface area (Å²) in [5.41, 5.74) is 0. The molecule has 4 aliphatic rings. The summed E-state index contributed by atoms with van der Waals surface area (Å²) in [4.78, 5) is 20.7. The minimum Gasteiger partial charge on any atom is -0.381 e. The largest absolute Gasteiger partial charge is 0.381 e. The zero-order valence-corrected chi connectivity index (χ0v) is 13.1. The lowest BCUT2D eigenvalue weighted by atomic mass is 9.82. The van der Waals surface area contributed by atoms with Crippen molar-refractivity contribution in [1.29, 1.82) is 0 Å². The Kier molecular flexibility index (Phi) is 4.35. The van der Waals surface area contributed by atoms with E-state index in [4.69, 9.17) is 14.3 Å². The molecule has 124 valence electrons. The van der Waals surface area contributed by atoms with Gasteiger partial charge in [0.1, 0.15) is 0 Å².